The van der Waals surface area contributed by atoms with Crippen molar-refractivity contribution in [2.24, 2.45) is 16.9 Å². The van der Waals surface area contributed by atoms with E-state index in [9.17, 15) is 4.79 Å². The number of nitrogens with zero attached hydrogens (tertiary/aromatic N) is 1. The minimum absolute atomic E-state index is 0.112. The van der Waals surface area contributed by atoms with Crippen LogP contribution in [-0.4, -0.2) is 50.1 Å². The third kappa shape index (κ3) is 6.61. The number of hydrogen-bond donors (Lipinski definition) is 3. The molecule has 0 rings (SSSR count). The van der Waals surface area contributed by atoms with E-state index in [-0.39, 0.29) is 11.3 Å². The summed E-state index contributed by atoms with van der Waals surface area (Å²) >= 11 is 0. The molecule has 0 aliphatic carbocycles. The smallest absolute Gasteiger partial charge is 0.225 e. The predicted octanol–water partition coefficient (Wildman–Crippen LogP) is -0.242. The SMILES string of the molecule is CCC(C)(C)C(=O)NCCN(CCN)CCN. The fourth-order valence-corrected chi connectivity index (χ4v) is 1.43. The van der Waals surface area contributed by atoms with Crippen LogP contribution >= 0.6 is 0 Å². The van der Waals surface area contributed by atoms with Crippen molar-refractivity contribution in [1.29, 1.82) is 0 Å². The molecule has 0 aliphatic heterocycles. The van der Waals surface area contributed by atoms with E-state index in [2.05, 4.69) is 10.2 Å². The van der Waals surface area contributed by atoms with Crippen molar-refractivity contribution in [3.05, 3.63) is 0 Å². The van der Waals surface area contributed by atoms with E-state index in [1.54, 1.807) is 0 Å². The normalized spacial score (nSPS) is 11.9. The lowest BCUT2D eigenvalue weighted by Crippen LogP contribution is -2.43. The molecule has 0 saturated carbocycles. The highest BCUT2D eigenvalue weighted by molar-refractivity contribution is 5.81. The minimum Gasteiger partial charge on any atom is -0.354 e. The van der Waals surface area contributed by atoms with Crippen LogP contribution in [0.25, 0.3) is 0 Å². The highest BCUT2D eigenvalue weighted by Crippen LogP contribution is 2.18. The molecule has 1 amide bonds. The van der Waals surface area contributed by atoms with Gasteiger partial charge in [-0.15, -0.1) is 0 Å². The van der Waals surface area contributed by atoms with Crippen molar-refractivity contribution in [3.8, 4) is 0 Å². The summed E-state index contributed by atoms with van der Waals surface area (Å²) in [6, 6.07) is 0. The van der Waals surface area contributed by atoms with E-state index in [1.165, 1.54) is 0 Å². The zero-order chi connectivity index (χ0) is 13.3. The van der Waals surface area contributed by atoms with Gasteiger partial charge in [-0.2, -0.15) is 0 Å². The van der Waals surface area contributed by atoms with Crippen LogP contribution in [0.5, 0.6) is 0 Å². The molecule has 0 aliphatic rings. The van der Waals surface area contributed by atoms with Crippen molar-refractivity contribution in [3.63, 3.8) is 0 Å². The van der Waals surface area contributed by atoms with E-state index in [4.69, 9.17) is 11.5 Å². The summed E-state index contributed by atoms with van der Waals surface area (Å²) in [7, 11) is 0. The van der Waals surface area contributed by atoms with Gasteiger partial charge in [0.2, 0.25) is 5.91 Å². The number of rotatable bonds is 9. The van der Waals surface area contributed by atoms with Crippen molar-refractivity contribution in [2.75, 3.05) is 39.3 Å². The second-order valence-corrected chi connectivity index (χ2v) is 4.91. The van der Waals surface area contributed by atoms with Gasteiger partial charge in [0.25, 0.3) is 0 Å². The predicted molar refractivity (Wildman–Crippen MR) is 71.6 cm³/mol. The Bertz CT molecular complexity index is 213. The first kappa shape index (κ1) is 16.4. The van der Waals surface area contributed by atoms with Crippen LogP contribution in [0, 0.1) is 5.41 Å². The first-order chi connectivity index (χ1) is 7.97. The number of hydrogen-bond acceptors (Lipinski definition) is 4. The van der Waals surface area contributed by atoms with Gasteiger partial charge in [0.1, 0.15) is 0 Å². The van der Waals surface area contributed by atoms with Crippen molar-refractivity contribution >= 4 is 5.91 Å². The van der Waals surface area contributed by atoms with Crippen LogP contribution < -0.4 is 16.8 Å². The number of amides is 1. The Kier molecular flexibility index (Phi) is 8.12. The zero-order valence-corrected chi connectivity index (χ0v) is 11.5. The van der Waals surface area contributed by atoms with Gasteiger partial charge in [0.05, 0.1) is 0 Å². The molecule has 17 heavy (non-hydrogen) atoms. The lowest BCUT2D eigenvalue weighted by Gasteiger charge is -2.24. The Hall–Kier alpha value is -0.650. The van der Waals surface area contributed by atoms with E-state index in [0.29, 0.717) is 19.6 Å². The second kappa shape index (κ2) is 8.44. The van der Waals surface area contributed by atoms with Crippen molar-refractivity contribution in [2.45, 2.75) is 27.2 Å². The molecule has 0 fully saturated rings. The molecule has 0 heterocycles. The van der Waals surface area contributed by atoms with Gasteiger partial charge in [-0.3, -0.25) is 9.69 Å². The lowest BCUT2D eigenvalue weighted by atomic mass is 9.89. The molecule has 0 aromatic carbocycles. The number of carbonyl (C=O) groups excluding carboxylic acids is 1. The molecule has 0 bridgehead atoms. The van der Waals surface area contributed by atoms with Crippen molar-refractivity contribution < 1.29 is 4.79 Å². The number of nitrogens with one attached hydrogen (secondary N) is 1. The van der Waals surface area contributed by atoms with Gasteiger partial charge in [0.15, 0.2) is 0 Å². The molecular weight excluding hydrogens is 216 g/mol. The summed E-state index contributed by atoms with van der Waals surface area (Å²) in [4.78, 5) is 14.0. The Morgan fingerprint density at radius 1 is 1.18 bits per heavy atom. The molecule has 0 atom stereocenters. The maximum atomic E-state index is 11.8. The molecular formula is C12H28N4O. The largest absolute Gasteiger partial charge is 0.354 e. The van der Waals surface area contributed by atoms with E-state index < -0.39 is 0 Å². The van der Waals surface area contributed by atoms with E-state index in [0.717, 1.165) is 26.1 Å². The van der Waals surface area contributed by atoms with Crippen LogP contribution in [0.15, 0.2) is 0 Å². The Morgan fingerprint density at radius 2 is 1.71 bits per heavy atom. The third-order valence-electron chi connectivity index (χ3n) is 3.10. The van der Waals surface area contributed by atoms with Crippen LogP contribution in [0.3, 0.4) is 0 Å². The Morgan fingerprint density at radius 3 is 2.12 bits per heavy atom. The summed E-state index contributed by atoms with van der Waals surface area (Å²) in [6.07, 6.45) is 0.841. The fraction of sp³-hybridized carbons (Fsp3) is 0.917. The average Bonchev–Trinajstić information content (AvgIpc) is 2.29. The van der Waals surface area contributed by atoms with Gasteiger partial charge in [-0.05, 0) is 6.42 Å². The first-order valence-corrected chi connectivity index (χ1v) is 6.38. The fourth-order valence-electron chi connectivity index (χ4n) is 1.43. The highest BCUT2D eigenvalue weighted by Gasteiger charge is 2.24. The van der Waals surface area contributed by atoms with Gasteiger partial charge >= 0.3 is 0 Å². The van der Waals surface area contributed by atoms with E-state index >= 15 is 0 Å². The van der Waals surface area contributed by atoms with Gasteiger partial charge < -0.3 is 16.8 Å². The number of carbonyl (C=O) groups is 1. The van der Waals surface area contributed by atoms with Gasteiger partial charge in [-0.1, -0.05) is 20.8 Å². The maximum absolute atomic E-state index is 11.8. The Labute approximate surface area is 105 Å². The molecule has 0 aromatic heterocycles. The van der Waals surface area contributed by atoms with Crippen LogP contribution in [-0.2, 0) is 4.79 Å². The molecule has 5 nitrogen and oxygen atoms in total. The third-order valence-corrected chi connectivity index (χ3v) is 3.10. The average molecular weight is 244 g/mol. The molecule has 0 aromatic rings. The van der Waals surface area contributed by atoms with Crippen LogP contribution in [0.2, 0.25) is 0 Å². The standard InChI is InChI=1S/C12H28N4O/c1-4-12(2,3)11(17)15-7-10-16(8-5-13)9-6-14/h4-10,13-14H2,1-3H3,(H,15,17). The monoisotopic (exact) mass is 244 g/mol. The maximum Gasteiger partial charge on any atom is 0.225 e. The molecule has 5 heteroatoms. The zero-order valence-electron chi connectivity index (χ0n) is 11.5. The molecule has 0 radical (unpaired) electrons. The topological polar surface area (TPSA) is 84.4 Å². The molecule has 5 N–H and O–H groups in total. The summed E-state index contributed by atoms with van der Waals surface area (Å²) in [6.45, 7) is 10.3. The first-order valence-electron chi connectivity index (χ1n) is 6.38. The number of nitrogens with two attached hydrogens (primary N) is 2. The molecule has 102 valence electrons. The van der Waals surface area contributed by atoms with E-state index in [1.807, 2.05) is 20.8 Å². The lowest BCUT2D eigenvalue weighted by molar-refractivity contribution is -0.129. The summed E-state index contributed by atoms with van der Waals surface area (Å²) in [5, 5.41) is 2.96. The summed E-state index contributed by atoms with van der Waals surface area (Å²) in [5.41, 5.74) is 10.7. The van der Waals surface area contributed by atoms with Crippen LogP contribution in [0.4, 0.5) is 0 Å². The minimum atomic E-state index is -0.285. The molecule has 0 saturated heterocycles. The molecule has 0 unspecified atom stereocenters. The molecule has 0 spiro atoms. The summed E-state index contributed by atoms with van der Waals surface area (Å²) < 4.78 is 0. The second-order valence-electron chi connectivity index (χ2n) is 4.91. The highest BCUT2D eigenvalue weighted by atomic mass is 16.2. The van der Waals surface area contributed by atoms with Gasteiger partial charge in [-0.25, -0.2) is 0 Å². The van der Waals surface area contributed by atoms with Crippen molar-refractivity contribution in [1.82, 2.24) is 10.2 Å². The summed E-state index contributed by atoms with van der Waals surface area (Å²) in [5.74, 6) is 0.112. The van der Waals surface area contributed by atoms with Crippen LogP contribution in [0.1, 0.15) is 27.2 Å². The Balaban J connectivity index is 3.91. The quantitative estimate of drug-likeness (QED) is 0.522. The van der Waals surface area contributed by atoms with Gasteiger partial charge in [0, 0.05) is 44.7 Å².